The van der Waals surface area contributed by atoms with Crippen LogP contribution in [0.15, 0.2) is 6.33 Å². The summed E-state index contributed by atoms with van der Waals surface area (Å²) in [6.45, 7) is 5.14. The number of hydrogen-bond acceptors (Lipinski definition) is 3. The summed E-state index contributed by atoms with van der Waals surface area (Å²) in [4.78, 5) is 4.28. The highest BCUT2D eigenvalue weighted by atomic mass is 32.2. The van der Waals surface area contributed by atoms with E-state index in [1.165, 1.54) is 0 Å². The van der Waals surface area contributed by atoms with Crippen LogP contribution in [0.1, 0.15) is 19.5 Å². The average molecular weight is 199 g/mol. The topological polar surface area (TPSA) is 43.8 Å². The fourth-order valence-corrected chi connectivity index (χ4v) is 1.82. The van der Waals surface area contributed by atoms with Crippen LogP contribution >= 0.6 is 11.8 Å². The third-order valence-electron chi connectivity index (χ3n) is 1.99. The average Bonchev–Trinajstić information content (AvgIpc) is 2.48. The molecule has 1 heterocycles. The van der Waals surface area contributed by atoms with E-state index in [-0.39, 0.29) is 0 Å². The van der Waals surface area contributed by atoms with Gasteiger partial charge in [0.1, 0.15) is 5.82 Å². The largest absolute Gasteiger partial charge is 0.384 e. The van der Waals surface area contributed by atoms with Crippen LogP contribution in [0.25, 0.3) is 0 Å². The molecule has 0 unspecified atom stereocenters. The number of imidazole rings is 1. The van der Waals surface area contributed by atoms with Gasteiger partial charge < -0.3 is 10.3 Å². The van der Waals surface area contributed by atoms with Gasteiger partial charge in [0.2, 0.25) is 0 Å². The molecule has 0 spiro atoms. The molecule has 0 aliphatic carbocycles. The molecule has 1 aromatic rings. The number of aryl methyl sites for hydroxylation is 2. The highest BCUT2D eigenvalue weighted by Gasteiger charge is 2.04. The smallest absolute Gasteiger partial charge is 0.126 e. The van der Waals surface area contributed by atoms with Crippen molar-refractivity contribution in [3.63, 3.8) is 0 Å². The first-order valence-electron chi connectivity index (χ1n) is 4.66. The predicted molar refractivity (Wildman–Crippen MR) is 59.0 cm³/mol. The summed E-state index contributed by atoms with van der Waals surface area (Å²) in [7, 11) is 0. The van der Waals surface area contributed by atoms with Gasteiger partial charge in [-0.2, -0.15) is 11.8 Å². The number of hydrogen-bond donors (Lipinski definition) is 1. The van der Waals surface area contributed by atoms with E-state index in [9.17, 15) is 0 Å². The van der Waals surface area contributed by atoms with Gasteiger partial charge in [0.15, 0.2) is 0 Å². The Morgan fingerprint density at radius 1 is 1.54 bits per heavy atom. The van der Waals surface area contributed by atoms with Crippen LogP contribution in [0.5, 0.6) is 0 Å². The van der Waals surface area contributed by atoms with Crippen molar-refractivity contribution >= 4 is 17.6 Å². The minimum atomic E-state index is 0.833. The second-order valence-corrected chi connectivity index (χ2v) is 4.20. The predicted octanol–water partition coefficient (Wildman–Crippen LogP) is 1.78. The molecule has 0 atom stereocenters. The molecule has 0 amide bonds. The van der Waals surface area contributed by atoms with Crippen LogP contribution in [-0.2, 0) is 13.0 Å². The number of nitrogens with zero attached hydrogens (tertiary/aromatic N) is 2. The Morgan fingerprint density at radius 2 is 2.31 bits per heavy atom. The monoisotopic (exact) mass is 199 g/mol. The van der Waals surface area contributed by atoms with E-state index in [1.807, 2.05) is 22.7 Å². The summed E-state index contributed by atoms with van der Waals surface area (Å²) in [5.41, 5.74) is 6.93. The number of rotatable bonds is 5. The first-order chi connectivity index (χ1) is 6.29. The van der Waals surface area contributed by atoms with Crippen molar-refractivity contribution in [3.8, 4) is 0 Å². The minimum Gasteiger partial charge on any atom is -0.384 e. The van der Waals surface area contributed by atoms with Crippen LogP contribution in [0.2, 0.25) is 0 Å². The highest BCUT2D eigenvalue weighted by molar-refractivity contribution is 7.99. The SMILES string of the molecule is CCSCCc1ncn(CC)c1N. The molecule has 74 valence electrons. The second kappa shape index (κ2) is 5.17. The van der Waals surface area contributed by atoms with E-state index in [0.29, 0.717) is 0 Å². The summed E-state index contributed by atoms with van der Waals surface area (Å²) < 4.78 is 1.98. The van der Waals surface area contributed by atoms with Gasteiger partial charge in [-0.1, -0.05) is 6.92 Å². The number of anilines is 1. The van der Waals surface area contributed by atoms with E-state index >= 15 is 0 Å². The minimum absolute atomic E-state index is 0.833. The standard InChI is InChI=1S/C9H17N3S/c1-3-12-7-11-8(9(12)10)5-6-13-4-2/h7H,3-6,10H2,1-2H3. The molecule has 2 N–H and O–H groups in total. The van der Waals surface area contributed by atoms with E-state index in [4.69, 9.17) is 5.73 Å². The van der Waals surface area contributed by atoms with Gasteiger partial charge in [0.05, 0.1) is 12.0 Å². The van der Waals surface area contributed by atoms with E-state index in [2.05, 4.69) is 18.8 Å². The van der Waals surface area contributed by atoms with Crippen molar-refractivity contribution in [3.05, 3.63) is 12.0 Å². The maximum atomic E-state index is 5.89. The van der Waals surface area contributed by atoms with Gasteiger partial charge in [0, 0.05) is 13.0 Å². The summed E-state index contributed by atoms with van der Waals surface area (Å²) in [6, 6.07) is 0. The molecular formula is C9H17N3S. The van der Waals surface area contributed by atoms with Crippen molar-refractivity contribution in [2.45, 2.75) is 26.8 Å². The Balaban J connectivity index is 2.51. The van der Waals surface area contributed by atoms with Gasteiger partial charge in [-0.05, 0) is 18.4 Å². The third kappa shape index (κ3) is 2.66. The third-order valence-corrected chi connectivity index (χ3v) is 2.89. The molecule has 0 radical (unpaired) electrons. The number of nitrogens with two attached hydrogens (primary N) is 1. The molecule has 3 nitrogen and oxygen atoms in total. The molecule has 0 bridgehead atoms. The highest BCUT2D eigenvalue weighted by Crippen LogP contribution is 2.12. The molecule has 13 heavy (non-hydrogen) atoms. The zero-order valence-corrected chi connectivity index (χ0v) is 9.10. The van der Waals surface area contributed by atoms with Gasteiger partial charge in [-0.25, -0.2) is 4.98 Å². The zero-order chi connectivity index (χ0) is 9.68. The molecule has 0 aliphatic rings. The van der Waals surface area contributed by atoms with Gasteiger partial charge in [-0.15, -0.1) is 0 Å². The van der Waals surface area contributed by atoms with Gasteiger partial charge in [0.25, 0.3) is 0 Å². The Morgan fingerprint density at radius 3 is 2.85 bits per heavy atom. The lowest BCUT2D eigenvalue weighted by Gasteiger charge is -2.01. The number of nitrogen functional groups attached to an aromatic ring is 1. The molecule has 0 aliphatic heterocycles. The Bertz CT molecular complexity index is 257. The first kappa shape index (κ1) is 10.4. The van der Waals surface area contributed by atoms with E-state index < -0.39 is 0 Å². The van der Waals surface area contributed by atoms with Crippen LogP contribution < -0.4 is 5.73 Å². The van der Waals surface area contributed by atoms with Gasteiger partial charge in [-0.3, -0.25) is 0 Å². The van der Waals surface area contributed by atoms with Crippen LogP contribution in [-0.4, -0.2) is 21.1 Å². The van der Waals surface area contributed by atoms with Crippen molar-refractivity contribution in [1.29, 1.82) is 0 Å². The van der Waals surface area contributed by atoms with Crippen LogP contribution in [0.4, 0.5) is 5.82 Å². The molecular weight excluding hydrogens is 182 g/mol. The van der Waals surface area contributed by atoms with Gasteiger partial charge >= 0.3 is 0 Å². The van der Waals surface area contributed by atoms with Crippen molar-refractivity contribution in [2.75, 3.05) is 17.2 Å². The summed E-state index contributed by atoms with van der Waals surface area (Å²) in [5.74, 6) is 3.11. The summed E-state index contributed by atoms with van der Waals surface area (Å²) in [5, 5.41) is 0. The molecule has 0 aromatic carbocycles. The Kier molecular flexibility index (Phi) is 4.15. The lowest BCUT2D eigenvalue weighted by Crippen LogP contribution is -2.02. The maximum Gasteiger partial charge on any atom is 0.126 e. The van der Waals surface area contributed by atoms with Crippen LogP contribution in [0.3, 0.4) is 0 Å². The Hall–Kier alpha value is -0.640. The second-order valence-electron chi connectivity index (χ2n) is 2.81. The molecule has 0 saturated heterocycles. The molecule has 4 heteroatoms. The summed E-state index contributed by atoms with van der Waals surface area (Å²) >= 11 is 1.92. The molecule has 0 fully saturated rings. The maximum absolute atomic E-state index is 5.89. The molecule has 1 aromatic heterocycles. The quantitative estimate of drug-likeness (QED) is 0.735. The normalized spacial score (nSPS) is 10.6. The summed E-state index contributed by atoms with van der Waals surface area (Å²) in [6.07, 6.45) is 2.80. The lowest BCUT2D eigenvalue weighted by molar-refractivity contribution is 0.771. The van der Waals surface area contributed by atoms with Crippen molar-refractivity contribution in [2.24, 2.45) is 0 Å². The van der Waals surface area contributed by atoms with E-state index in [1.54, 1.807) is 0 Å². The van der Waals surface area contributed by atoms with Crippen molar-refractivity contribution in [1.82, 2.24) is 9.55 Å². The van der Waals surface area contributed by atoms with Crippen molar-refractivity contribution < 1.29 is 0 Å². The fourth-order valence-electron chi connectivity index (χ4n) is 1.19. The van der Waals surface area contributed by atoms with Crippen LogP contribution in [0, 0.1) is 0 Å². The molecule has 1 rings (SSSR count). The number of aromatic nitrogens is 2. The molecule has 0 saturated carbocycles. The fraction of sp³-hybridized carbons (Fsp3) is 0.667. The Labute approximate surface area is 83.7 Å². The zero-order valence-electron chi connectivity index (χ0n) is 8.29. The number of thioether (sulfide) groups is 1. The lowest BCUT2D eigenvalue weighted by atomic mass is 10.3. The first-order valence-corrected chi connectivity index (χ1v) is 5.82. The van der Waals surface area contributed by atoms with E-state index in [0.717, 1.165) is 36.0 Å².